The Balaban J connectivity index is 1.69. The van der Waals surface area contributed by atoms with Gasteiger partial charge in [0.1, 0.15) is 0 Å². The van der Waals surface area contributed by atoms with Gasteiger partial charge in [-0.05, 0) is 41.5 Å². The molecule has 2 aliphatic rings. The molecule has 0 atom stereocenters. The van der Waals surface area contributed by atoms with Crippen LogP contribution in [0.25, 0.3) is 32.9 Å². The second-order valence-electron chi connectivity index (χ2n) is 6.03. The first-order valence-electron chi connectivity index (χ1n) is 8.04. The predicted molar refractivity (Wildman–Crippen MR) is 97.2 cm³/mol. The van der Waals surface area contributed by atoms with E-state index in [1.165, 1.54) is 33.0 Å². The predicted octanol–water partition coefficient (Wildman–Crippen LogP) is 4.74. The van der Waals surface area contributed by atoms with Crippen molar-refractivity contribution in [3.8, 4) is 11.1 Å². The molecule has 5 rings (SSSR count). The van der Waals surface area contributed by atoms with Crippen molar-refractivity contribution in [3.63, 3.8) is 0 Å². The minimum atomic E-state index is 0.809. The average Bonchev–Trinajstić information content (AvgIpc) is 3.07. The Bertz CT molecular complexity index is 1130. The number of fused-ring (bicyclic) bond motifs is 4. The highest BCUT2D eigenvalue weighted by Gasteiger charge is 2.13. The lowest BCUT2D eigenvalue weighted by Crippen LogP contribution is -1.99. The van der Waals surface area contributed by atoms with Gasteiger partial charge in [0.25, 0.3) is 0 Å². The second kappa shape index (κ2) is 5.17. The lowest BCUT2D eigenvalue weighted by atomic mass is 10.1. The summed E-state index contributed by atoms with van der Waals surface area (Å²) < 4.78 is 2.31. The summed E-state index contributed by atoms with van der Waals surface area (Å²) in [5, 5.41) is 2.45. The van der Waals surface area contributed by atoms with Crippen LogP contribution in [0.1, 0.15) is 5.56 Å². The number of pyridine rings is 1. The zero-order valence-electron chi connectivity index (χ0n) is 13.1. The summed E-state index contributed by atoms with van der Waals surface area (Å²) in [6.45, 7) is 0.809. The summed E-state index contributed by atoms with van der Waals surface area (Å²) in [6, 6.07) is 19.0. The van der Waals surface area contributed by atoms with E-state index in [0.29, 0.717) is 0 Å². The summed E-state index contributed by atoms with van der Waals surface area (Å²) in [5.74, 6) is 0. The molecule has 0 saturated carbocycles. The molecule has 1 aliphatic heterocycles. The third kappa shape index (κ3) is 1.98. The van der Waals surface area contributed by atoms with Gasteiger partial charge in [-0.1, -0.05) is 24.3 Å². The quantitative estimate of drug-likeness (QED) is 0.471. The van der Waals surface area contributed by atoms with E-state index in [-0.39, 0.29) is 0 Å². The molecule has 0 N–H and O–H groups in total. The zero-order chi connectivity index (χ0) is 15.9. The lowest BCUT2D eigenvalue weighted by Gasteiger charge is -2.09. The van der Waals surface area contributed by atoms with Crippen molar-refractivity contribution >= 4 is 21.8 Å². The Labute approximate surface area is 139 Å². The van der Waals surface area contributed by atoms with Crippen LogP contribution in [0, 0.1) is 0 Å². The van der Waals surface area contributed by atoms with Crippen LogP contribution in [-0.2, 0) is 6.54 Å². The standard InChI is InChI=1S/C21H15N3/c1-3-15-5-2-9-23-20(15)18(4-1)14-24-12-8-17-13-16-6-10-22-11-7-19(16)21(17)24/h1-13H,14H2. The molecule has 0 radical (unpaired) electrons. The molecule has 3 aromatic rings. The maximum absolute atomic E-state index is 4.58. The van der Waals surface area contributed by atoms with Gasteiger partial charge >= 0.3 is 0 Å². The van der Waals surface area contributed by atoms with Gasteiger partial charge in [0.2, 0.25) is 0 Å². The van der Waals surface area contributed by atoms with E-state index in [2.05, 4.69) is 69.3 Å². The highest BCUT2D eigenvalue weighted by molar-refractivity contribution is 6.00. The monoisotopic (exact) mass is 309 g/mol. The molecule has 3 heterocycles. The molecule has 0 amide bonds. The highest BCUT2D eigenvalue weighted by atomic mass is 15.0. The molecule has 114 valence electrons. The molecule has 1 aliphatic carbocycles. The van der Waals surface area contributed by atoms with Gasteiger partial charge in [-0.15, -0.1) is 0 Å². The minimum absolute atomic E-state index is 0.809. The number of para-hydroxylation sites is 1. The first kappa shape index (κ1) is 13.3. The topological polar surface area (TPSA) is 30.7 Å². The van der Waals surface area contributed by atoms with Crippen molar-refractivity contribution in [2.45, 2.75) is 6.54 Å². The molecule has 0 unspecified atom stereocenters. The molecule has 1 aromatic carbocycles. The van der Waals surface area contributed by atoms with Gasteiger partial charge in [0, 0.05) is 47.7 Å². The van der Waals surface area contributed by atoms with Gasteiger partial charge in [-0.3, -0.25) is 9.97 Å². The number of nitrogens with zero attached hydrogens (tertiary/aromatic N) is 3. The number of hydrogen-bond donors (Lipinski definition) is 0. The van der Waals surface area contributed by atoms with Crippen molar-refractivity contribution in [1.29, 1.82) is 0 Å². The molecule has 3 heteroatoms. The lowest BCUT2D eigenvalue weighted by molar-refractivity contribution is 0.842. The fraction of sp³-hybridized carbons (Fsp3) is 0.0476. The summed E-state index contributed by atoms with van der Waals surface area (Å²) in [5.41, 5.74) is 6.03. The average molecular weight is 309 g/mol. The van der Waals surface area contributed by atoms with E-state index in [0.717, 1.165) is 12.1 Å². The number of hydrogen-bond acceptors (Lipinski definition) is 2. The first-order valence-corrected chi connectivity index (χ1v) is 8.04. The molecule has 24 heavy (non-hydrogen) atoms. The van der Waals surface area contributed by atoms with Crippen LogP contribution in [0.15, 0.2) is 79.4 Å². The van der Waals surface area contributed by atoms with Crippen molar-refractivity contribution in [3.05, 3.63) is 84.9 Å². The van der Waals surface area contributed by atoms with E-state index in [1.54, 1.807) is 0 Å². The maximum atomic E-state index is 4.58. The third-order valence-corrected chi connectivity index (χ3v) is 4.60. The van der Waals surface area contributed by atoms with Crippen LogP contribution in [-0.4, -0.2) is 14.5 Å². The SMILES string of the molecule is c1cnc2c(Cn3ccc4cc5ccnccc-5c43)cccc2c1. The Kier molecular flexibility index (Phi) is 2.85. The Morgan fingerprint density at radius 1 is 0.833 bits per heavy atom. The van der Waals surface area contributed by atoms with Crippen LogP contribution >= 0.6 is 0 Å². The smallest absolute Gasteiger partial charge is 0.0751 e. The third-order valence-electron chi connectivity index (χ3n) is 4.60. The fourth-order valence-electron chi connectivity index (χ4n) is 3.51. The number of rotatable bonds is 2. The molecule has 3 nitrogen and oxygen atoms in total. The highest BCUT2D eigenvalue weighted by Crippen LogP contribution is 2.34. The number of aromatic nitrogens is 3. The molecular formula is C21H15N3. The van der Waals surface area contributed by atoms with Gasteiger partial charge in [-0.2, -0.15) is 0 Å². The van der Waals surface area contributed by atoms with Crippen LogP contribution in [0.3, 0.4) is 0 Å². The zero-order valence-corrected chi connectivity index (χ0v) is 13.1. The first-order chi connectivity index (χ1) is 11.9. The molecule has 0 fully saturated rings. The summed E-state index contributed by atoms with van der Waals surface area (Å²) >= 11 is 0. The fourth-order valence-corrected chi connectivity index (χ4v) is 3.51. The van der Waals surface area contributed by atoms with E-state index in [4.69, 9.17) is 0 Å². The summed E-state index contributed by atoms with van der Waals surface area (Å²) in [7, 11) is 0. The van der Waals surface area contributed by atoms with Crippen molar-refractivity contribution in [2.75, 3.05) is 0 Å². The van der Waals surface area contributed by atoms with Crippen molar-refractivity contribution < 1.29 is 0 Å². The largest absolute Gasteiger partial charge is 0.342 e. The summed E-state index contributed by atoms with van der Waals surface area (Å²) in [4.78, 5) is 8.80. The Morgan fingerprint density at radius 3 is 2.75 bits per heavy atom. The maximum Gasteiger partial charge on any atom is 0.0751 e. The van der Waals surface area contributed by atoms with E-state index >= 15 is 0 Å². The van der Waals surface area contributed by atoms with Gasteiger partial charge in [0.15, 0.2) is 0 Å². The molecule has 0 spiro atoms. The molecule has 0 saturated heterocycles. The van der Waals surface area contributed by atoms with Crippen LogP contribution in [0.4, 0.5) is 0 Å². The van der Waals surface area contributed by atoms with E-state index < -0.39 is 0 Å². The van der Waals surface area contributed by atoms with Crippen LogP contribution in [0.5, 0.6) is 0 Å². The van der Waals surface area contributed by atoms with E-state index in [9.17, 15) is 0 Å². The number of benzene rings is 1. The molecular weight excluding hydrogens is 294 g/mol. The van der Waals surface area contributed by atoms with Crippen molar-refractivity contribution in [1.82, 2.24) is 14.5 Å². The van der Waals surface area contributed by atoms with Gasteiger partial charge in [0.05, 0.1) is 11.0 Å². The van der Waals surface area contributed by atoms with Crippen molar-refractivity contribution in [2.24, 2.45) is 0 Å². The van der Waals surface area contributed by atoms with Gasteiger partial charge < -0.3 is 4.57 Å². The van der Waals surface area contributed by atoms with Crippen LogP contribution in [0.2, 0.25) is 0 Å². The van der Waals surface area contributed by atoms with Gasteiger partial charge in [-0.25, -0.2) is 0 Å². The summed E-state index contributed by atoms with van der Waals surface area (Å²) in [6.07, 6.45) is 7.73. The second-order valence-corrected chi connectivity index (χ2v) is 6.03. The van der Waals surface area contributed by atoms with E-state index in [1.807, 2.05) is 24.7 Å². The van der Waals surface area contributed by atoms with Crippen LogP contribution < -0.4 is 0 Å². The molecule has 2 aromatic heterocycles. The molecule has 0 bridgehead atoms. The minimum Gasteiger partial charge on any atom is -0.342 e. The normalized spacial score (nSPS) is 11.5. The Hall–Kier alpha value is -3.20. The Morgan fingerprint density at radius 2 is 1.75 bits per heavy atom.